The van der Waals surface area contributed by atoms with E-state index in [-0.39, 0.29) is 17.4 Å². The number of hydrogen-bond donors (Lipinski definition) is 1. The minimum Gasteiger partial charge on any atom is -0.482 e. The fourth-order valence-electron chi connectivity index (χ4n) is 6.21. The molecule has 1 amide bonds. The summed E-state index contributed by atoms with van der Waals surface area (Å²) < 4.78 is 30.5. The molecule has 0 saturated carbocycles. The van der Waals surface area contributed by atoms with Gasteiger partial charge in [0.15, 0.2) is 15.6 Å². The Labute approximate surface area is 235 Å². The molecule has 1 aromatic heterocycles. The largest absolute Gasteiger partial charge is 0.482 e. The Kier molecular flexibility index (Phi) is 6.92. The number of likely N-dealkylation sites (tertiary alicyclic amines) is 2. The highest BCUT2D eigenvalue weighted by Crippen LogP contribution is 2.45. The lowest BCUT2D eigenvalue weighted by Gasteiger charge is -2.47. The van der Waals surface area contributed by atoms with E-state index in [0.29, 0.717) is 48.0 Å². The van der Waals surface area contributed by atoms with Crippen LogP contribution in [-0.4, -0.2) is 90.9 Å². The zero-order valence-electron chi connectivity index (χ0n) is 22.7. The number of nitrogens with one attached hydrogen (secondary N) is 1. The number of sulfone groups is 1. The fourth-order valence-corrected chi connectivity index (χ4v) is 7.41. The van der Waals surface area contributed by atoms with Crippen molar-refractivity contribution in [3.05, 3.63) is 47.8 Å². The van der Waals surface area contributed by atoms with E-state index in [1.165, 1.54) is 18.0 Å². The van der Waals surface area contributed by atoms with Crippen LogP contribution in [0.25, 0.3) is 0 Å². The molecule has 10 nitrogen and oxygen atoms in total. The monoisotopic (exact) mass is 562 g/mol. The van der Waals surface area contributed by atoms with E-state index >= 15 is 0 Å². The van der Waals surface area contributed by atoms with Crippen LogP contribution < -0.4 is 15.0 Å². The van der Waals surface area contributed by atoms with Crippen molar-refractivity contribution < 1.29 is 17.9 Å². The number of nitrogens with zero attached hydrogens (tertiary/aromatic N) is 5. The van der Waals surface area contributed by atoms with E-state index in [9.17, 15) is 13.2 Å². The molecule has 1 N–H and O–H groups in total. The lowest BCUT2D eigenvalue weighted by Crippen LogP contribution is -2.61. The first-order valence-corrected chi connectivity index (χ1v) is 15.6. The lowest BCUT2D eigenvalue weighted by atomic mass is 9.87. The summed E-state index contributed by atoms with van der Waals surface area (Å²) in [6, 6.07) is 4.61. The van der Waals surface area contributed by atoms with Crippen LogP contribution in [0.3, 0.4) is 0 Å². The van der Waals surface area contributed by atoms with Gasteiger partial charge in [-0.2, -0.15) is 0 Å². The molecule has 4 aliphatic rings. The molecule has 0 unspecified atom stereocenters. The van der Waals surface area contributed by atoms with Crippen molar-refractivity contribution >= 4 is 33.1 Å². The molecule has 4 aliphatic heterocycles. The van der Waals surface area contributed by atoms with Crippen LogP contribution in [0, 0.1) is 12.3 Å². The molecule has 6 rings (SSSR count). The Morgan fingerprint density at radius 2 is 1.90 bits per heavy atom. The van der Waals surface area contributed by atoms with Crippen LogP contribution in [0.5, 0.6) is 5.75 Å². The molecule has 1 atom stereocenters. The minimum atomic E-state index is -3.02. The predicted octanol–water partition coefficient (Wildman–Crippen LogP) is 2.47. The van der Waals surface area contributed by atoms with E-state index in [0.717, 1.165) is 50.3 Å². The predicted molar refractivity (Wildman–Crippen MR) is 154 cm³/mol. The third kappa shape index (κ3) is 4.90. The molecule has 0 aliphatic carbocycles. The second-order valence-corrected chi connectivity index (χ2v) is 13.3. The van der Waals surface area contributed by atoms with Gasteiger partial charge in [0, 0.05) is 32.2 Å². The maximum atomic E-state index is 12.0. The number of carbonyl (C=O) groups excluding carboxylic acids is 1. The summed E-state index contributed by atoms with van der Waals surface area (Å²) in [7, 11) is -3.02. The highest BCUT2D eigenvalue weighted by atomic mass is 32.2. The quantitative estimate of drug-likeness (QED) is 0.444. The van der Waals surface area contributed by atoms with Crippen LogP contribution in [0.2, 0.25) is 0 Å². The van der Waals surface area contributed by atoms with Crippen molar-refractivity contribution in [1.82, 2.24) is 19.8 Å². The van der Waals surface area contributed by atoms with Gasteiger partial charge >= 0.3 is 0 Å². The number of hydrogen-bond acceptors (Lipinski definition) is 9. The molecule has 0 spiro atoms. The van der Waals surface area contributed by atoms with Crippen molar-refractivity contribution in [2.45, 2.75) is 37.8 Å². The number of aromatic nitrogens is 2. The Bertz CT molecular complexity index is 1470. The smallest absolute Gasteiger partial charge is 0.246 e. The number of rotatable bonds is 4. The SMILES string of the molecule is C#Cc1cc(C2CCN(C3CN(C(=O)C=C)C3)CC2)cc2c1O[C@@H](C)c1c(ncnc1N1CCS(=O)(=O)CC1)N2. The van der Waals surface area contributed by atoms with E-state index in [1.54, 1.807) is 0 Å². The zero-order valence-corrected chi connectivity index (χ0v) is 23.5. The summed E-state index contributed by atoms with van der Waals surface area (Å²) in [6.45, 7) is 9.77. The van der Waals surface area contributed by atoms with Gasteiger partial charge in [0.05, 0.1) is 28.3 Å². The second-order valence-electron chi connectivity index (χ2n) is 11.0. The second kappa shape index (κ2) is 10.4. The minimum absolute atomic E-state index is 0.00445. The number of anilines is 3. The topological polar surface area (TPSA) is 108 Å². The van der Waals surface area contributed by atoms with Gasteiger partial charge < -0.3 is 19.9 Å². The van der Waals surface area contributed by atoms with E-state index < -0.39 is 15.9 Å². The van der Waals surface area contributed by atoms with Gasteiger partial charge in [0.1, 0.15) is 24.1 Å². The van der Waals surface area contributed by atoms with Gasteiger partial charge in [-0.25, -0.2) is 18.4 Å². The molecule has 0 radical (unpaired) electrons. The van der Waals surface area contributed by atoms with Crippen molar-refractivity contribution in [3.8, 4) is 18.1 Å². The highest BCUT2D eigenvalue weighted by molar-refractivity contribution is 7.91. The zero-order chi connectivity index (χ0) is 28.0. The Morgan fingerprint density at radius 3 is 2.58 bits per heavy atom. The van der Waals surface area contributed by atoms with Gasteiger partial charge in [-0.1, -0.05) is 12.5 Å². The number of ether oxygens (including phenoxy) is 1. The molecule has 0 bridgehead atoms. The summed E-state index contributed by atoms with van der Waals surface area (Å²) >= 11 is 0. The van der Waals surface area contributed by atoms with Gasteiger partial charge in [0.25, 0.3) is 0 Å². The highest BCUT2D eigenvalue weighted by Gasteiger charge is 2.36. The summed E-state index contributed by atoms with van der Waals surface area (Å²) in [6.07, 6.45) is 10.5. The third-order valence-corrected chi connectivity index (χ3v) is 10.2. The van der Waals surface area contributed by atoms with Crippen molar-refractivity contribution in [2.24, 2.45) is 0 Å². The third-order valence-electron chi connectivity index (χ3n) is 8.59. The van der Waals surface area contributed by atoms with Crippen LogP contribution in [0.15, 0.2) is 31.1 Å². The first-order valence-electron chi connectivity index (χ1n) is 13.8. The molecular weight excluding hydrogens is 528 g/mol. The van der Waals surface area contributed by atoms with Crippen molar-refractivity contribution in [3.63, 3.8) is 0 Å². The average molecular weight is 563 g/mol. The summed E-state index contributed by atoms with van der Waals surface area (Å²) in [4.78, 5) is 27.2. The lowest BCUT2D eigenvalue weighted by molar-refractivity contribution is -0.133. The molecule has 3 fully saturated rings. The Hall–Kier alpha value is -3.62. The number of fused-ring (bicyclic) bond motifs is 2. The molecule has 3 saturated heterocycles. The number of carbonyl (C=O) groups is 1. The summed E-state index contributed by atoms with van der Waals surface area (Å²) in [5.74, 6) is 5.34. The van der Waals surface area contributed by atoms with E-state index in [1.807, 2.05) is 16.7 Å². The molecule has 210 valence electrons. The van der Waals surface area contributed by atoms with Crippen molar-refractivity contribution in [2.75, 3.05) is 61.0 Å². The molecule has 2 aromatic rings. The molecule has 11 heteroatoms. The van der Waals surface area contributed by atoms with Crippen LogP contribution in [0.1, 0.15) is 48.5 Å². The molecule has 5 heterocycles. The van der Waals surface area contributed by atoms with Crippen LogP contribution in [0.4, 0.5) is 17.3 Å². The van der Waals surface area contributed by atoms with Gasteiger partial charge in [0.2, 0.25) is 5.91 Å². The number of benzene rings is 1. The van der Waals surface area contributed by atoms with Gasteiger partial charge in [-0.15, -0.1) is 6.42 Å². The maximum absolute atomic E-state index is 12.0. The Morgan fingerprint density at radius 1 is 1.18 bits per heavy atom. The van der Waals surface area contributed by atoms with Gasteiger partial charge in [-0.3, -0.25) is 9.69 Å². The summed E-state index contributed by atoms with van der Waals surface area (Å²) in [5.41, 5.74) is 3.44. The molecular formula is C29H34N6O4S. The maximum Gasteiger partial charge on any atom is 0.246 e. The first-order chi connectivity index (χ1) is 19.3. The van der Waals surface area contributed by atoms with E-state index in [4.69, 9.17) is 11.2 Å². The Balaban J connectivity index is 1.22. The molecule has 1 aromatic carbocycles. The first kappa shape index (κ1) is 26.6. The normalized spacial score (nSPS) is 22.9. The van der Waals surface area contributed by atoms with Crippen molar-refractivity contribution in [1.29, 1.82) is 0 Å². The van der Waals surface area contributed by atoms with Crippen LogP contribution in [-0.2, 0) is 14.6 Å². The number of terminal acetylenes is 1. The fraction of sp³-hybridized carbons (Fsp3) is 0.483. The van der Waals surface area contributed by atoms with Gasteiger partial charge in [-0.05, 0) is 62.5 Å². The van der Waals surface area contributed by atoms with E-state index in [2.05, 4.69) is 44.8 Å². The number of amides is 1. The average Bonchev–Trinajstić information content (AvgIpc) is 3.07. The summed E-state index contributed by atoms with van der Waals surface area (Å²) in [5, 5.41) is 3.48. The molecule has 40 heavy (non-hydrogen) atoms. The number of piperidine rings is 1. The van der Waals surface area contributed by atoms with Crippen LogP contribution >= 0.6 is 0 Å². The standard InChI is InChI=1S/C29H34N6O4S/c1-4-20-14-22(21-6-8-33(9-7-21)23-16-35(17-23)25(36)5-2)15-24-27(20)39-19(3)26-28(32-24)30-18-31-29(26)34-10-12-40(37,38)13-11-34/h1,5,14-15,18-19,21,23H,2,6-13,16-17H2,3H3,(H,30,31,32)/t19-/m0/s1.